The minimum absolute atomic E-state index is 0.0199. The summed E-state index contributed by atoms with van der Waals surface area (Å²) in [4.78, 5) is 27.0. The number of aliphatic hydroxyl groups excluding tert-OH is 1. The second kappa shape index (κ2) is 10.7. The number of anilines is 1. The Bertz CT molecular complexity index is 1470. The molecule has 3 atom stereocenters. The van der Waals surface area contributed by atoms with Gasteiger partial charge in [0.2, 0.25) is 0 Å². The van der Waals surface area contributed by atoms with Gasteiger partial charge in [-0.15, -0.1) is 10.2 Å². The number of benzene rings is 3. The largest absolute Gasteiger partial charge is 0.392 e. The first-order valence-electron chi connectivity index (χ1n) is 12.6. The molecule has 2 aliphatic heterocycles. The van der Waals surface area contributed by atoms with Crippen molar-refractivity contribution in [2.24, 2.45) is 7.05 Å². The van der Waals surface area contributed by atoms with E-state index in [0.29, 0.717) is 29.0 Å². The normalized spacial score (nSPS) is 20.9. The molecule has 0 saturated carbocycles. The van der Waals surface area contributed by atoms with Crippen molar-refractivity contribution in [1.29, 1.82) is 0 Å². The molecular formula is C29H26N4O5S. The molecule has 1 saturated heterocycles. The lowest BCUT2D eigenvalue weighted by Gasteiger charge is -2.36. The molecule has 0 radical (unpaired) electrons. The second-order valence-corrected chi connectivity index (χ2v) is 10.5. The summed E-state index contributed by atoms with van der Waals surface area (Å²) in [7, 11) is 1.90. The Balaban J connectivity index is 1.23. The number of imide groups is 1. The summed E-state index contributed by atoms with van der Waals surface area (Å²) in [5.74, 6) is -0.00776. The molecular weight excluding hydrogens is 516 g/mol. The summed E-state index contributed by atoms with van der Waals surface area (Å²) in [5, 5.41) is 18.3. The monoisotopic (exact) mass is 542 g/mol. The lowest BCUT2D eigenvalue weighted by Crippen LogP contribution is -2.31. The van der Waals surface area contributed by atoms with Crippen molar-refractivity contribution in [3.05, 3.63) is 107 Å². The molecule has 4 aromatic rings. The number of thioether (sulfide) groups is 1. The van der Waals surface area contributed by atoms with Crippen molar-refractivity contribution in [2.75, 3.05) is 10.7 Å². The Morgan fingerprint density at radius 3 is 2.21 bits per heavy atom. The van der Waals surface area contributed by atoms with Crippen LogP contribution in [0.1, 0.15) is 56.2 Å². The van der Waals surface area contributed by atoms with Crippen molar-refractivity contribution < 1.29 is 24.2 Å². The lowest BCUT2D eigenvalue weighted by molar-refractivity contribution is -0.245. The van der Waals surface area contributed by atoms with Crippen molar-refractivity contribution in [2.45, 2.75) is 36.7 Å². The molecule has 10 heteroatoms. The molecule has 0 bridgehead atoms. The van der Waals surface area contributed by atoms with E-state index < -0.39 is 6.29 Å². The van der Waals surface area contributed by atoms with Crippen LogP contribution in [0.5, 0.6) is 0 Å². The molecule has 0 spiro atoms. The van der Waals surface area contributed by atoms with Gasteiger partial charge in [0.05, 0.1) is 35.6 Å². The zero-order chi connectivity index (χ0) is 26.9. The fourth-order valence-corrected chi connectivity index (χ4v) is 5.70. The molecule has 1 aromatic heterocycles. The van der Waals surface area contributed by atoms with Gasteiger partial charge < -0.3 is 19.1 Å². The number of aryl methyl sites for hydroxylation is 1. The average molecular weight is 543 g/mol. The minimum atomic E-state index is -0.650. The molecule has 6 rings (SSSR count). The van der Waals surface area contributed by atoms with Crippen LogP contribution < -0.4 is 4.90 Å². The molecule has 2 aliphatic rings. The number of aromatic nitrogens is 3. The standard InChI is InChI=1S/C29H26N4O5S/c1-32-17-30-31-29(32)39-16-22-14-25(19-8-6-18(15-34)7-9-19)38-28(37-22)20-10-12-21(13-11-20)33-26(35)23-4-2-3-5-24(23)27(33)36/h2-13,17,22,25,28,34H,14-16H2,1H3. The number of nitrogens with zero attached hydrogens (tertiary/aromatic N) is 4. The third kappa shape index (κ3) is 4.99. The predicted octanol–water partition coefficient (Wildman–Crippen LogP) is 4.45. The van der Waals surface area contributed by atoms with Crippen LogP contribution in [-0.2, 0) is 23.1 Å². The van der Waals surface area contributed by atoms with Gasteiger partial charge in [-0.25, -0.2) is 4.90 Å². The van der Waals surface area contributed by atoms with E-state index in [1.54, 1.807) is 54.5 Å². The smallest absolute Gasteiger partial charge is 0.266 e. The van der Waals surface area contributed by atoms with Crippen molar-refractivity contribution in [3.8, 4) is 0 Å². The summed E-state index contributed by atoms with van der Waals surface area (Å²) in [6.45, 7) is -0.0199. The average Bonchev–Trinajstić information content (AvgIpc) is 3.51. The molecule has 39 heavy (non-hydrogen) atoms. The van der Waals surface area contributed by atoms with E-state index in [-0.39, 0.29) is 30.6 Å². The lowest BCUT2D eigenvalue weighted by atomic mass is 10.0. The fourth-order valence-electron chi connectivity index (χ4n) is 4.80. The number of hydrogen-bond donors (Lipinski definition) is 1. The minimum Gasteiger partial charge on any atom is -0.392 e. The molecule has 3 aromatic carbocycles. The zero-order valence-corrected chi connectivity index (χ0v) is 22.0. The summed E-state index contributed by atoms with van der Waals surface area (Å²) in [5.41, 5.74) is 3.91. The molecule has 0 aliphatic carbocycles. The first kappa shape index (κ1) is 25.4. The summed E-state index contributed by atoms with van der Waals surface area (Å²) < 4.78 is 14.6. The molecule has 3 unspecified atom stereocenters. The second-order valence-electron chi connectivity index (χ2n) is 9.47. The van der Waals surface area contributed by atoms with Gasteiger partial charge in [-0.05, 0) is 35.4 Å². The van der Waals surface area contributed by atoms with Crippen molar-refractivity contribution in [1.82, 2.24) is 14.8 Å². The van der Waals surface area contributed by atoms with Crippen LogP contribution >= 0.6 is 11.8 Å². The third-order valence-corrected chi connectivity index (χ3v) is 8.07. The highest BCUT2D eigenvalue weighted by Crippen LogP contribution is 2.40. The van der Waals surface area contributed by atoms with E-state index in [4.69, 9.17) is 9.47 Å². The maximum atomic E-state index is 12.9. The van der Waals surface area contributed by atoms with Crippen LogP contribution in [0.15, 0.2) is 84.3 Å². The highest BCUT2D eigenvalue weighted by atomic mass is 32.2. The molecule has 1 fully saturated rings. The van der Waals surface area contributed by atoms with Crippen molar-refractivity contribution in [3.63, 3.8) is 0 Å². The Morgan fingerprint density at radius 2 is 1.59 bits per heavy atom. The number of carbonyl (C=O) groups is 2. The zero-order valence-electron chi connectivity index (χ0n) is 21.1. The highest BCUT2D eigenvalue weighted by Gasteiger charge is 2.37. The van der Waals surface area contributed by atoms with Crippen LogP contribution in [-0.4, -0.2) is 43.5 Å². The fraction of sp³-hybridized carbons (Fsp3) is 0.241. The number of ether oxygens (including phenoxy) is 2. The Morgan fingerprint density at radius 1 is 0.923 bits per heavy atom. The van der Waals surface area contributed by atoms with Gasteiger partial charge >= 0.3 is 0 Å². The molecule has 198 valence electrons. The van der Waals surface area contributed by atoms with Gasteiger partial charge in [-0.3, -0.25) is 9.59 Å². The highest BCUT2D eigenvalue weighted by molar-refractivity contribution is 7.99. The van der Waals surface area contributed by atoms with Gasteiger partial charge in [0.1, 0.15) is 6.33 Å². The molecule has 9 nitrogen and oxygen atoms in total. The van der Waals surface area contributed by atoms with E-state index in [0.717, 1.165) is 21.8 Å². The first-order valence-corrected chi connectivity index (χ1v) is 13.6. The predicted molar refractivity (Wildman–Crippen MR) is 144 cm³/mol. The van der Waals surface area contributed by atoms with E-state index in [1.807, 2.05) is 48.0 Å². The maximum Gasteiger partial charge on any atom is 0.266 e. The van der Waals surface area contributed by atoms with E-state index in [9.17, 15) is 14.7 Å². The molecule has 3 heterocycles. The third-order valence-electron chi connectivity index (χ3n) is 6.90. The Hall–Kier alpha value is -3.83. The van der Waals surface area contributed by atoms with Gasteiger partial charge in [-0.1, -0.05) is 60.3 Å². The molecule has 2 amide bonds. The van der Waals surface area contributed by atoms with Gasteiger partial charge in [0.25, 0.3) is 11.8 Å². The summed E-state index contributed by atoms with van der Waals surface area (Å²) in [6, 6.07) is 21.7. The van der Waals surface area contributed by atoms with E-state index in [1.165, 1.54) is 4.90 Å². The number of hydrogen-bond acceptors (Lipinski definition) is 8. The quantitative estimate of drug-likeness (QED) is 0.270. The van der Waals surface area contributed by atoms with Crippen LogP contribution in [0.4, 0.5) is 5.69 Å². The van der Waals surface area contributed by atoms with Crippen LogP contribution in [0.25, 0.3) is 0 Å². The number of aliphatic hydroxyl groups is 1. The summed E-state index contributed by atoms with van der Waals surface area (Å²) >= 11 is 1.57. The SMILES string of the molecule is Cn1cnnc1SCC1CC(c2ccc(CO)cc2)OC(c2ccc(N3C(=O)c4ccccc4C3=O)cc2)O1. The maximum absolute atomic E-state index is 12.9. The first-order chi connectivity index (χ1) is 19.0. The van der Waals surface area contributed by atoms with Crippen LogP contribution in [0, 0.1) is 0 Å². The van der Waals surface area contributed by atoms with Crippen LogP contribution in [0.2, 0.25) is 0 Å². The van der Waals surface area contributed by atoms with Crippen LogP contribution in [0.3, 0.4) is 0 Å². The van der Waals surface area contributed by atoms with Gasteiger partial charge in [0.15, 0.2) is 11.4 Å². The molecule has 1 N–H and O–H groups in total. The van der Waals surface area contributed by atoms with E-state index in [2.05, 4.69) is 10.2 Å². The van der Waals surface area contributed by atoms with Crippen molar-refractivity contribution >= 4 is 29.3 Å². The van der Waals surface area contributed by atoms with E-state index >= 15 is 0 Å². The number of amides is 2. The Labute approximate surface area is 229 Å². The van der Waals surface area contributed by atoms with Gasteiger partial charge in [-0.2, -0.15) is 0 Å². The number of fused-ring (bicyclic) bond motifs is 1. The van der Waals surface area contributed by atoms with Gasteiger partial charge in [0, 0.05) is 24.8 Å². The number of rotatable bonds is 7. The Kier molecular flexibility index (Phi) is 7.01. The number of carbonyl (C=O) groups excluding carboxylic acids is 2. The summed E-state index contributed by atoms with van der Waals surface area (Å²) in [6.07, 6.45) is 1.30. The topological polar surface area (TPSA) is 107 Å².